The molecule has 0 radical (unpaired) electrons. The van der Waals surface area contributed by atoms with Crippen molar-refractivity contribution in [2.75, 3.05) is 18.1 Å². The van der Waals surface area contributed by atoms with Crippen molar-refractivity contribution in [1.82, 2.24) is 5.32 Å². The van der Waals surface area contributed by atoms with Gasteiger partial charge < -0.3 is 9.64 Å². The van der Waals surface area contributed by atoms with Crippen LogP contribution < -0.4 is 15.0 Å². The average molecular weight is 246 g/mol. The molecule has 0 spiro atoms. The van der Waals surface area contributed by atoms with Gasteiger partial charge in [-0.2, -0.15) is 0 Å². The van der Waals surface area contributed by atoms with Crippen LogP contribution in [-0.2, 0) is 9.59 Å². The third-order valence-corrected chi connectivity index (χ3v) is 3.35. The minimum Gasteiger partial charge on any atom is -0.490 e. The molecule has 3 rings (SSSR count). The molecule has 0 aliphatic carbocycles. The number of anilines is 1. The van der Waals surface area contributed by atoms with Crippen LogP contribution in [0.25, 0.3) is 0 Å². The zero-order chi connectivity index (χ0) is 12.5. The Morgan fingerprint density at radius 1 is 1.28 bits per heavy atom. The lowest BCUT2D eigenvalue weighted by molar-refractivity contribution is -0.134. The maximum absolute atomic E-state index is 11.9. The second-order valence-electron chi connectivity index (χ2n) is 4.48. The van der Waals surface area contributed by atoms with Gasteiger partial charge in [0.1, 0.15) is 18.4 Å². The molecule has 2 aliphatic rings. The average Bonchev–Trinajstić information content (AvgIpc) is 2.38. The zero-order valence-electron chi connectivity index (χ0n) is 9.89. The Kier molecular flexibility index (Phi) is 2.66. The van der Waals surface area contributed by atoms with Crippen LogP contribution in [0.1, 0.15) is 12.8 Å². The van der Waals surface area contributed by atoms with Gasteiger partial charge in [-0.3, -0.25) is 14.9 Å². The van der Waals surface area contributed by atoms with Crippen molar-refractivity contribution in [3.8, 4) is 5.75 Å². The number of fused-ring (bicyclic) bond motifs is 1. The standard InChI is InChI=1S/C13H14N2O3/c16-12-6-5-10(13(17)14-12)15-7-8-18-11-4-2-1-3-9(11)15/h1-4,10H,5-8H2,(H,14,16,17)/t10-/m1/s1. The topological polar surface area (TPSA) is 58.6 Å². The van der Waals surface area contributed by atoms with Gasteiger partial charge in [-0.05, 0) is 18.6 Å². The van der Waals surface area contributed by atoms with Crippen LogP contribution in [0.3, 0.4) is 0 Å². The lowest BCUT2D eigenvalue weighted by atomic mass is 10.0. The Morgan fingerprint density at radius 3 is 2.94 bits per heavy atom. The molecule has 2 amide bonds. The van der Waals surface area contributed by atoms with Crippen LogP contribution in [0.15, 0.2) is 24.3 Å². The molecule has 5 heteroatoms. The lowest BCUT2D eigenvalue weighted by Crippen LogP contribution is -2.54. The van der Waals surface area contributed by atoms with Gasteiger partial charge in [0.2, 0.25) is 11.8 Å². The van der Waals surface area contributed by atoms with Gasteiger partial charge in [-0.15, -0.1) is 0 Å². The number of hydrogen-bond donors (Lipinski definition) is 1. The van der Waals surface area contributed by atoms with Gasteiger partial charge in [-0.1, -0.05) is 12.1 Å². The molecule has 1 N–H and O–H groups in total. The van der Waals surface area contributed by atoms with E-state index in [0.29, 0.717) is 26.0 Å². The molecular weight excluding hydrogens is 232 g/mol. The van der Waals surface area contributed by atoms with Crippen LogP contribution in [0.2, 0.25) is 0 Å². The number of carbonyl (C=O) groups excluding carboxylic acids is 2. The quantitative estimate of drug-likeness (QED) is 0.741. The van der Waals surface area contributed by atoms with Crippen LogP contribution in [-0.4, -0.2) is 31.0 Å². The highest BCUT2D eigenvalue weighted by molar-refractivity contribution is 6.01. The number of piperidine rings is 1. The number of amides is 2. The van der Waals surface area contributed by atoms with E-state index in [9.17, 15) is 9.59 Å². The molecule has 1 fully saturated rings. The van der Waals surface area contributed by atoms with E-state index in [1.165, 1.54) is 0 Å². The highest BCUT2D eigenvalue weighted by Gasteiger charge is 2.34. The predicted octanol–water partition coefficient (Wildman–Crippen LogP) is 0.691. The Bertz CT molecular complexity index is 501. The SMILES string of the molecule is O=C1CC[C@@H](N2CCOc3ccccc32)C(=O)N1. The largest absolute Gasteiger partial charge is 0.490 e. The first-order valence-electron chi connectivity index (χ1n) is 6.08. The normalized spacial score (nSPS) is 23.1. The van der Waals surface area contributed by atoms with Gasteiger partial charge in [0.05, 0.1) is 12.2 Å². The van der Waals surface area contributed by atoms with E-state index in [-0.39, 0.29) is 17.9 Å². The van der Waals surface area contributed by atoms with Crippen LogP contribution in [0.4, 0.5) is 5.69 Å². The molecular formula is C13H14N2O3. The molecule has 0 bridgehead atoms. The molecule has 1 aromatic rings. The van der Waals surface area contributed by atoms with E-state index in [1.807, 2.05) is 29.2 Å². The van der Waals surface area contributed by atoms with Crippen molar-refractivity contribution in [1.29, 1.82) is 0 Å². The maximum atomic E-state index is 11.9. The summed E-state index contributed by atoms with van der Waals surface area (Å²) in [5.74, 6) is 0.411. The second kappa shape index (κ2) is 4.33. The summed E-state index contributed by atoms with van der Waals surface area (Å²) in [4.78, 5) is 25.1. The van der Waals surface area contributed by atoms with Crippen molar-refractivity contribution in [3.05, 3.63) is 24.3 Å². The summed E-state index contributed by atoms with van der Waals surface area (Å²) in [7, 11) is 0. The Morgan fingerprint density at radius 2 is 2.11 bits per heavy atom. The first-order valence-corrected chi connectivity index (χ1v) is 6.08. The minimum atomic E-state index is -0.271. The highest BCUT2D eigenvalue weighted by Crippen LogP contribution is 2.33. The van der Waals surface area contributed by atoms with Gasteiger partial charge in [0, 0.05) is 6.42 Å². The van der Waals surface area contributed by atoms with E-state index in [1.54, 1.807) is 0 Å². The Balaban J connectivity index is 1.89. The Labute approximate surface area is 105 Å². The number of nitrogens with one attached hydrogen (secondary N) is 1. The molecule has 0 saturated carbocycles. The number of hydrogen-bond acceptors (Lipinski definition) is 4. The molecule has 5 nitrogen and oxygen atoms in total. The van der Waals surface area contributed by atoms with Crippen molar-refractivity contribution < 1.29 is 14.3 Å². The van der Waals surface area contributed by atoms with Gasteiger partial charge in [0.25, 0.3) is 0 Å². The summed E-state index contributed by atoms with van der Waals surface area (Å²) < 4.78 is 5.56. The number of nitrogens with zero attached hydrogens (tertiary/aromatic N) is 1. The smallest absolute Gasteiger partial charge is 0.249 e. The van der Waals surface area contributed by atoms with E-state index >= 15 is 0 Å². The summed E-state index contributed by atoms with van der Waals surface area (Å²) in [6, 6.07) is 7.40. The van der Waals surface area contributed by atoms with Crippen LogP contribution in [0.5, 0.6) is 5.75 Å². The van der Waals surface area contributed by atoms with E-state index in [4.69, 9.17) is 4.74 Å². The third-order valence-electron chi connectivity index (χ3n) is 3.35. The summed E-state index contributed by atoms with van der Waals surface area (Å²) in [5, 5.41) is 2.40. The van der Waals surface area contributed by atoms with Gasteiger partial charge >= 0.3 is 0 Å². The number of rotatable bonds is 1. The summed E-state index contributed by atoms with van der Waals surface area (Å²) in [6.07, 6.45) is 0.967. The fraction of sp³-hybridized carbons (Fsp3) is 0.385. The lowest BCUT2D eigenvalue weighted by Gasteiger charge is -2.38. The molecule has 1 aromatic carbocycles. The molecule has 1 saturated heterocycles. The summed E-state index contributed by atoms with van der Waals surface area (Å²) in [5.41, 5.74) is 0.929. The van der Waals surface area contributed by atoms with Crippen molar-refractivity contribution >= 4 is 17.5 Å². The summed E-state index contributed by atoms with van der Waals surface area (Å²) in [6.45, 7) is 1.23. The number of benzene rings is 1. The number of ether oxygens (including phenoxy) is 1. The monoisotopic (exact) mass is 246 g/mol. The first kappa shape index (κ1) is 11.1. The molecule has 0 unspecified atom stereocenters. The van der Waals surface area contributed by atoms with E-state index in [0.717, 1.165) is 11.4 Å². The van der Waals surface area contributed by atoms with Crippen LogP contribution in [0, 0.1) is 0 Å². The minimum absolute atomic E-state index is 0.183. The van der Waals surface area contributed by atoms with Crippen molar-refractivity contribution in [2.45, 2.75) is 18.9 Å². The number of imide groups is 1. The van der Waals surface area contributed by atoms with E-state index < -0.39 is 0 Å². The molecule has 2 aliphatic heterocycles. The fourth-order valence-corrected chi connectivity index (χ4v) is 2.49. The molecule has 18 heavy (non-hydrogen) atoms. The van der Waals surface area contributed by atoms with Gasteiger partial charge in [-0.25, -0.2) is 0 Å². The predicted molar refractivity (Wildman–Crippen MR) is 65.5 cm³/mol. The third kappa shape index (κ3) is 1.81. The Hall–Kier alpha value is -2.04. The highest BCUT2D eigenvalue weighted by atomic mass is 16.5. The van der Waals surface area contributed by atoms with E-state index in [2.05, 4.69) is 5.32 Å². The van der Waals surface area contributed by atoms with Gasteiger partial charge in [0.15, 0.2) is 0 Å². The molecule has 94 valence electrons. The van der Waals surface area contributed by atoms with Crippen LogP contribution >= 0.6 is 0 Å². The molecule has 1 atom stereocenters. The second-order valence-corrected chi connectivity index (χ2v) is 4.48. The first-order chi connectivity index (χ1) is 8.75. The maximum Gasteiger partial charge on any atom is 0.249 e. The number of para-hydroxylation sites is 2. The van der Waals surface area contributed by atoms with Crippen molar-refractivity contribution in [3.63, 3.8) is 0 Å². The fourth-order valence-electron chi connectivity index (χ4n) is 2.49. The molecule has 0 aromatic heterocycles. The molecule has 2 heterocycles. The van der Waals surface area contributed by atoms with Crippen molar-refractivity contribution in [2.24, 2.45) is 0 Å². The summed E-state index contributed by atoms with van der Waals surface area (Å²) >= 11 is 0. The zero-order valence-corrected chi connectivity index (χ0v) is 9.89. The number of carbonyl (C=O) groups is 2.